The number of carbonyl (C=O) groups excluding carboxylic acids is 1. The van der Waals surface area contributed by atoms with Crippen molar-refractivity contribution in [3.05, 3.63) is 54.3 Å². The predicted octanol–water partition coefficient (Wildman–Crippen LogP) is 1.85. The second-order valence-electron chi connectivity index (χ2n) is 5.94. The lowest BCUT2D eigenvalue weighted by Gasteiger charge is -2.04. The van der Waals surface area contributed by atoms with E-state index in [9.17, 15) is 4.79 Å². The van der Waals surface area contributed by atoms with Crippen LogP contribution in [0.2, 0.25) is 0 Å². The Labute approximate surface area is 138 Å². The van der Waals surface area contributed by atoms with Crippen molar-refractivity contribution in [2.75, 3.05) is 6.54 Å². The predicted molar refractivity (Wildman–Crippen MR) is 85.8 cm³/mol. The molecule has 1 aliphatic rings. The van der Waals surface area contributed by atoms with Gasteiger partial charge in [-0.1, -0.05) is 30.3 Å². The van der Waals surface area contributed by atoms with Gasteiger partial charge < -0.3 is 9.73 Å². The molecule has 0 aliphatic heterocycles. The lowest BCUT2D eigenvalue weighted by Crippen LogP contribution is -2.30. The number of hydrogen-bond donors (Lipinski definition) is 1. The van der Waals surface area contributed by atoms with Crippen molar-refractivity contribution < 1.29 is 9.21 Å². The molecule has 1 N–H and O–H groups in total. The molecule has 1 fully saturated rings. The van der Waals surface area contributed by atoms with Crippen LogP contribution in [0.15, 0.2) is 53.1 Å². The van der Waals surface area contributed by atoms with Gasteiger partial charge in [0.2, 0.25) is 11.7 Å². The Hall–Kier alpha value is -2.96. The molecule has 122 valence electrons. The summed E-state index contributed by atoms with van der Waals surface area (Å²) in [4.78, 5) is 13.3. The van der Waals surface area contributed by atoms with Crippen LogP contribution in [-0.4, -0.2) is 32.7 Å². The molecule has 2 aromatic heterocycles. The number of rotatable bonds is 6. The number of amides is 1. The number of aromatic nitrogens is 4. The number of benzene rings is 1. The van der Waals surface area contributed by atoms with Crippen LogP contribution in [0.25, 0.3) is 11.6 Å². The molecule has 0 radical (unpaired) electrons. The summed E-state index contributed by atoms with van der Waals surface area (Å²) in [5, 5.41) is 14.8. The highest BCUT2D eigenvalue weighted by Gasteiger charge is 2.37. The molecule has 1 amide bonds. The van der Waals surface area contributed by atoms with Crippen LogP contribution in [0.4, 0.5) is 0 Å². The summed E-state index contributed by atoms with van der Waals surface area (Å²) in [6.45, 7) is 0.731. The summed E-state index contributed by atoms with van der Waals surface area (Å²) in [5.74, 6) is 1.86. The van der Waals surface area contributed by atoms with Crippen LogP contribution in [-0.2, 0) is 11.3 Å². The van der Waals surface area contributed by atoms with Gasteiger partial charge in [-0.3, -0.25) is 4.79 Å². The summed E-state index contributed by atoms with van der Waals surface area (Å²) in [7, 11) is 0. The van der Waals surface area contributed by atoms with Crippen LogP contribution < -0.4 is 5.32 Å². The first-order valence-corrected chi connectivity index (χ1v) is 7.93. The number of carbonyl (C=O) groups is 1. The van der Waals surface area contributed by atoms with Gasteiger partial charge in [0.25, 0.3) is 0 Å². The smallest absolute Gasteiger partial charge is 0.243 e. The largest absolute Gasteiger partial charge is 0.461 e. The van der Waals surface area contributed by atoms with Crippen molar-refractivity contribution in [2.45, 2.75) is 18.9 Å². The molecule has 1 aliphatic carbocycles. The highest BCUT2D eigenvalue weighted by molar-refractivity contribution is 5.75. The number of nitrogens with one attached hydrogen (secondary N) is 1. The first kappa shape index (κ1) is 14.6. The molecule has 1 saturated carbocycles. The van der Waals surface area contributed by atoms with Crippen molar-refractivity contribution in [2.24, 2.45) is 5.92 Å². The number of tetrazole rings is 1. The summed E-state index contributed by atoms with van der Waals surface area (Å²) in [6, 6.07) is 13.9. The SMILES string of the molecule is O=C(Cn1nnc(-c2ccco2)n1)NCC1CC1c1ccccc1. The van der Waals surface area contributed by atoms with E-state index in [1.165, 1.54) is 10.4 Å². The topological polar surface area (TPSA) is 85.8 Å². The van der Waals surface area contributed by atoms with Crippen molar-refractivity contribution in [3.63, 3.8) is 0 Å². The van der Waals surface area contributed by atoms with Crippen LogP contribution in [0.3, 0.4) is 0 Å². The summed E-state index contributed by atoms with van der Waals surface area (Å²) in [6.07, 6.45) is 2.66. The fourth-order valence-corrected chi connectivity index (χ4v) is 2.83. The molecule has 0 saturated heterocycles. The van der Waals surface area contributed by atoms with E-state index >= 15 is 0 Å². The highest BCUT2D eigenvalue weighted by atomic mass is 16.3. The molecule has 1 aromatic carbocycles. The van der Waals surface area contributed by atoms with Gasteiger partial charge in [0.05, 0.1) is 6.26 Å². The molecule has 0 bridgehead atoms. The maximum Gasteiger partial charge on any atom is 0.243 e. The van der Waals surface area contributed by atoms with E-state index in [0.717, 1.165) is 6.42 Å². The van der Waals surface area contributed by atoms with E-state index in [0.29, 0.717) is 30.0 Å². The van der Waals surface area contributed by atoms with Gasteiger partial charge >= 0.3 is 0 Å². The van der Waals surface area contributed by atoms with Crippen molar-refractivity contribution in [3.8, 4) is 11.6 Å². The van der Waals surface area contributed by atoms with E-state index in [-0.39, 0.29) is 12.5 Å². The van der Waals surface area contributed by atoms with Crippen LogP contribution in [0.5, 0.6) is 0 Å². The minimum Gasteiger partial charge on any atom is -0.461 e. The third kappa shape index (κ3) is 3.19. The quantitative estimate of drug-likeness (QED) is 0.748. The Bertz CT molecular complexity index is 813. The first-order chi connectivity index (χ1) is 11.8. The molecular formula is C17H17N5O2. The molecule has 2 unspecified atom stereocenters. The zero-order valence-electron chi connectivity index (χ0n) is 13.0. The molecule has 24 heavy (non-hydrogen) atoms. The minimum atomic E-state index is -0.114. The number of hydrogen-bond acceptors (Lipinski definition) is 5. The summed E-state index contributed by atoms with van der Waals surface area (Å²) in [5.41, 5.74) is 1.35. The average molecular weight is 323 g/mol. The summed E-state index contributed by atoms with van der Waals surface area (Å²) < 4.78 is 5.20. The molecule has 4 rings (SSSR count). The van der Waals surface area contributed by atoms with Gasteiger partial charge in [-0.15, -0.1) is 10.2 Å². The zero-order valence-corrected chi connectivity index (χ0v) is 13.0. The first-order valence-electron chi connectivity index (χ1n) is 7.93. The van der Waals surface area contributed by atoms with Gasteiger partial charge in [0.1, 0.15) is 6.54 Å². The monoisotopic (exact) mass is 323 g/mol. The van der Waals surface area contributed by atoms with E-state index in [2.05, 4.69) is 45.0 Å². The van der Waals surface area contributed by atoms with Gasteiger partial charge in [0, 0.05) is 6.54 Å². The van der Waals surface area contributed by atoms with Crippen LogP contribution >= 0.6 is 0 Å². The van der Waals surface area contributed by atoms with Crippen LogP contribution in [0.1, 0.15) is 17.9 Å². The highest BCUT2D eigenvalue weighted by Crippen LogP contribution is 2.46. The molecular weight excluding hydrogens is 306 g/mol. The normalized spacial score (nSPS) is 19.2. The Morgan fingerprint density at radius 1 is 1.25 bits per heavy atom. The Balaban J connectivity index is 1.26. The molecule has 2 atom stereocenters. The lowest BCUT2D eigenvalue weighted by atomic mass is 10.1. The van der Waals surface area contributed by atoms with Gasteiger partial charge in [0.15, 0.2) is 5.76 Å². The van der Waals surface area contributed by atoms with Crippen molar-refractivity contribution in [1.29, 1.82) is 0 Å². The minimum absolute atomic E-state index is 0.0520. The van der Waals surface area contributed by atoms with Gasteiger partial charge in [-0.25, -0.2) is 0 Å². The van der Waals surface area contributed by atoms with E-state index < -0.39 is 0 Å². The maximum absolute atomic E-state index is 12.0. The fourth-order valence-electron chi connectivity index (χ4n) is 2.83. The molecule has 3 aromatic rings. The summed E-state index contributed by atoms with van der Waals surface area (Å²) >= 11 is 0. The van der Waals surface area contributed by atoms with Gasteiger partial charge in [-0.05, 0) is 41.2 Å². The lowest BCUT2D eigenvalue weighted by molar-refractivity contribution is -0.122. The second-order valence-corrected chi connectivity index (χ2v) is 5.94. The third-order valence-corrected chi connectivity index (χ3v) is 4.19. The van der Waals surface area contributed by atoms with Crippen molar-refractivity contribution >= 4 is 5.91 Å². The van der Waals surface area contributed by atoms with E-state index in [4.69, 9.17) is 4.42 Å². The second kappa shape index (κ2) is 6.27. The molecule has 7 heteroatoms. The van der Waals surface area contributed by atoms with E-state index in [1.807, 2.05) is 6.07 Å². The Morgan fingerprint density at radius 2 is 2.12 bits per heavy atom. The molecule has 0 spiro atoms. The van der Waals surface area contributed by atoms with E-state index in [1.54, 1.807) is 18.4 Å². The zero-order chi connectivity index (χ0) is 16.4. The molecule has 7 nitrogen and oxygen atoms in total. The number of furan rings is 1. The fraction of sp³-hybridized carbons (Fsp3) is 0.294. The maximum atomic E-state index is 12.0. The third-order valence-electron chi connectivity index (χ3n) is 4.19. The average Bonchev–Trinajstić information content (AvgIpc) is 2.99. The Kier molecular flexibility index (Phi) is 3.82. The van der Waals surface area contributed by atoms with Crippen LogP contribution in [0, 0.1) is 5.92 Å². The van der Waals surface area contributed by atoms with Gasteiger partial charge in [-0.2, -0.15) is 4.80 Å². The van der Waals surface area contributed by atoms with Crippen molar-refractivity contribution in [1.82, 2.24) is 25.5 Å². The molecule has 2 heterocycles. The number of nitrogens with zero attached hydrogens (tertiary/aromatic N) is 4. The Morgan fingerprint density at radius 3 is 2.92 bits per heavy atom. The standard InChI is InChI=1S/C17H17N5O2/c23-16(11-22-20-17(19-21-22)15-7-4-8-24-15)18-10-13-9-14(13)12-5-2-1-3-6-12/h1-8,13-14H,9-11H2,(H,18,23).